The van der Waals surface area contributed by atoms with E-state index in [1.165, 1.54) is 0 Å². The van der Waals surface area contributed by atoms with Crippen molar-refractivity contribution < 1.29 is 9.53 Å². The molecule has 8 heteroatoms. The summed E-state index contributed by atoms with van der Waals surface area (Å²) in [6, 6.07) is 18.9. The number of carbonyl (C=O) groups is 1. The van der Waals surface area contributed by atoms with Crippen LogP contribution in [-0.4, -0.2) is 53.4 Å². The Kier molecular flexibility index (Phi) is 8.43. The number of aryl methyl sites for hydroxylation is 2. The van der Waals surface area contributed by atoms with Gasteiger partial charge in [-0.05, 0) is 100 Å². The van der Waals surface area contributed by atoms with E-state index in [1.807, 2.05) is 61.5 Å². The molecule has 0 bridgehead atoms. The summed E-state index contributed by atoms with van der Waals surface area (Å²) in [5, 5.41) is 5.94. The summed E-state index contributed by atoms with van der Waals surface area (Å²) in [4.78, 5) is 28.2. The molecule has 2 heterocycles. The lowest BCUT2D eigenvalue weighted by Gasteiger charge is -2.13. The molecule has 4 aromatic rings. The van der Waals surface area contributed by atoms with Gasteiger partial charge in [-0.15, -0.1) is 0 Å². The van der Waals surface area contributed by atoms with E-state index in [0.717, 1.165) is 36.1 Å². The molecule has 2 N–H and O–H groups in total. The van der Waals surface area contributed by atoms with Gasteiger partial charge in [0.05, 0.1) is 11.3 Å². The van der Waals surface area contributed by atoms with Crippen molar-refractivity contribution in [2.75, 3.05) is 38.3 Å². The van der Waals surface area contributed by atoms with Crippen LogP contribution in [0.4, 0.5) is 11.6 Å². The van der Waals surface area contributed by atoms with Crippen molar-refractivity contribution in [3.8, 4) is 22.9 Å². The first kappa shape index (κ1) is 25.8. The quantitative estimate of drug-likeness (QED) is 0.303. The molecule has 0 radical (unpaired) electrons. The second kappa shape index (κ2) is 12.1. The van der Waals surface area contributed by atoms with Crippen LogP contribution in [0.1, 0.15) is 27.9 Å². The van der Waals surface area contributed by atoms with Crippen LogP contribution in [0.25, 0.3) is 11.3 Å². The van der Waals surface area contributed by atoms with Crippen LogP contribution < -0.4 is 15.4 Å². The molecule has 2 aromatic heterocycles. The molecule has 190 valence electrons. The van der Waals surface area contributed by atoms with E-state index in [2.05, 4.69) is 50.6 Å². The summed E-state index contributed by atoms with van der Waals surface area (Å²) in [5.41, 5.74) is 4.82. The van der Waals surface area contributed by atoms with Crippen molar-refractivity contribution in [1.82, 2.24) is 19.9 Å². The third-order valence-electron chi connectivity index (χ3n) is 5.83. The Bertz CT molecular complexity index is 1370. The number of ether oxygens (including phenoxy) is 1. The lowest BCUT2D eigenvalue weighted by molar-refractivity contribution is 0.102. The minimum Gasteiger partial charge on any atom is -0.438 e. The molecular formula is C29H32N6O2. The van der Waals surface area contributed by atoms with Crippen LogP contribution in [0.3, 0.4) is 0 Å². The van der Waals surface area contributed by atoms with Crippen molar-refractivity contribution in [2.24, 2.45) is 0 Å². The van der Waals surface area contributed by atoms with E-state index in [4.69, 9.17) is 4.74 Å². The van der Waals surface area contributed by atoms with Gasteiger partial charge in [0.15, 0.2) is 0 Å². The number of carbonyl (C=O) groups excluding carboxylic acids is 1. The highest BCUT2D eigenvalue weighted by atomic mass is 16.5. The van der Waals surface area contributed by atoms with E-state index in [9.17, 15) is 4.79 Å². The van der Waals surface area contributed by atoms with Crippen LogP contribution in [0.15, 0.2) is 73.1 Å². The highest BCUT2D eigenvalue weighted by molar-refractivity contribution is 6.04. The largest absolute Gasteiger partial charge is 0.438 e. The zero-order chi connectivity index (χ0) is 26.2. The monoisotopic (exact) mass is 496 g/mol. The summed E-state index contributed by atoms with van der Waals surface area (Å²) in [6.07, 6.45) is 5.35. The van der Waals surface area contributed by atoms with Crippen LogP contribution in [-0.2, 0) is 6.42 Å². The Hall–Kier alpha value is -4.30. The van der Waals surface area contributed by atoms with Crippen LogP contribution >= 0.6 is 0 Å². The lowest BCUT2D eigenvalue weighted by Crippen LogP contribution is -2.14. The molecule has 0 aliphatic heterocycles. The number of nitrogens with zero attached hydrogens (tertiary/aromatic N) is 4. The fourth-order valence-corrected chi connectivity index (χ4v) is 3.91. The van der Waals surface area contributed by atoms with Gasteiger partial charge in [-0.25, -0.2) is 15.0 Å². The molecule has 2 aromatic carbocycles. The van der Waals surface area contributed by atoms with Crippen LogP contribution in [0.5, 0.6) is 11.6 Å². The fourth-order valence-electron chi connectivity index (χ4n) is 3.91. The SMILES string of the molecule is CNc1nccc(-c2cccnc2Oc2ccc(NC(=O)c3cccc(CCCN(C)C)c3)cc2C)n1. The minimum atomic E-state index is -0.140. The topological polar surface area (TPSA) is 92.3 Å². The first-order valence-electron chi connectivity index (χ1n) is 12.2. The molecule has 0 aliphatic carbocycles. The molecule has 0 saturated carbocycles. The van der Waals surface area contributed by atoms with Gasteiger partial charge in [-0.3, -0.25) is 4.79 Å². The average Bonchev–Trinajstić information content (AvgIpc) is 2.90. The number of benzene rings is 2. The fraction of sp³-hybridized carbons (Fsp3) is 0.241. The predicted molar refractivity (Wildman–Crippen MR) is 147 cm³/mol. The van der Waals surface area contributed by atoms with Crippen LogP contribution in [0.2, 0.25) is 0 Å². The Morgan fingerprint density at radius 3 is 2.65 bits per heavy atom. The zero-order valence-electron chi connectivity index (χ0n) is 21.7. The third kappa shape index (κ3) is 6.89. The Morgan fingerprint density at radius 2 is 1.86 bits per heavy atom. The van der Waals surface area contributed by atoms with E-state index in [1.54, 1.807) is 19.4 Å². The van der Waals surface area contributed by atoms with Crippen LogP contribution in [0, 0.1) is 6.92 Å². The molecule has 1 amide bonds. The van der Waals surface area contributed by atoms with Gasteiger partial charge in [-0.1, -0.05) is 12.1 Å². The Morgan fingerprint density at radius 1 is 1.00 bits per heavy atom. The minimum absolute atomic E-state index is 0.140. The first-order valence-corrected chi connectivity index (χ1v) is 12.2. The standard InChI is InChI=1S/C29H32N6O2/c1-20-18-23(33-27(36)22-10-5-8-21(19-22)9-7-17-35(3)4)12-13-26(20)37-28-24(11-6-15-31-28)25-14-16-32-29(30-2)34-25/h5-6,8,10-16,18-19H,7,9,17H2,1-4H3,(H,33,36)(H,30,32,34). The molecule has 0 unspecified atom stereocenters. The molecule has 0 aliphatic rings. The normalized spacial score (nSPS) is 10.8. The van der Waals surface area contributed by atoms with E-state index < -0.39 is 0 Å². The van der Waals surface area contributed by atoms with Gasteiger partial charge in [-0.2, -0.15) is 0 Å². The number of aromatic nitrogens is 3. The van der Waals surface area contributed by atoms with Crippen molar-refractivity contribution in [2.45, 2.75) is 19.8 Å². The molecule has 0 saturated heterocycles. The highest BCUT2D eigenvalue weighted by Gasteiger charge is 2.13. The van der Waals surface area contributed by atoms with E-state index in [0.29, 0.717) is 34.5 Å². The van der Waals surface area contributed by atoms with Gasteiger partial charge >= 0.3 is 0 Å². The first-order chi connectivity index (χ1) is 17.9. The number of hydrogen-bond donors (Lipinski definition) is 2. The smallest absolute Gasteiger partial charge is 0.255 e. The second-order valence-corrected chi connectivity index (χ2v) is 9.02. The third-order valence-corrected chi connectivity index (χ3v) is 5.83. The number of hydrogen-bond acceptors (Lipinski definition) is 7. The Labute approximate surface area is 217 Å². The number of rotatable bonds is 10. The van der Waals surface area contributed by atoms with Gasteiger partial charge in [0.25, 0.3) is 5.91 Å². The van der Waals surface area contributed by atoms with Crippen molar-refractivity contribution in [3.63, 3.8) is 0 Å². The molecule has 0 spiro atoms. The van der Waals surface area contributed by atoms with Crippen molar-refractivity contribution in [1.29, 1.82) is 0 Å². The van der Waals surface area contributed by atoms with Crippen molar-refractivity contribution >= 4 is 17.5 Å². The summed E-state index contributed by atoms with van der Waals surface area (Å²) in [6.45, 7) is 2.95. The molecule has 8 nitrogen and oxygen atoms in total. The summed E-state index contributed by atoms with van der Waals surface area (Å²) < 4.78 is 6.17. The number of anilines is 2. The van der Waals surface area contributed by atoms with Crippen molar-refractivity contribution in [3.05, 3.63) is 89.7 Å². The van der Waals surface area contributed by atoms with Gasteiger partial charge < -0.3 is 20.3 Å². The molecule has 0 atom stereocenters. The summed E-state index contributed by atoms with van der Waals surface area (Å²) >= 11 is 0. The van der Waals surface area contributed by atoms with Gasteiger partial charge in [0.1, 0.15) is 5.75 Å². The van der Waals surface area contributed by atoms with Gasteiger partial charge in [0, 0.05) is 30.7 Å². The Balaban J connectivity index is 1.46. The summed E-state index contributed by atoms with van der Waals surface area (Å²) in [7, 11) is 5.90. The van der Waals surface area contributed by atoms with E-state index >= 15 is 0 Å². The number of nitrogens with one attached hydrogen (secondary N) is 2. The summed E-state index contributed by atoms with van der Waals surface area (Å²) in [5.74, 6) is 1.46. The predicted octanol–water partition coefficient (Wildman–Crippen LogP) is 5.43. The number of pyridine rings is 1. The molecule has 37 heavy (non-hydrogen) atoms. The number of amides is 1. The molecular weight excluding hydrogens is 464 g/mol. The lowest BCUT2D eigenvalue weighted by atomic mass is 10.1. The highest BCUT2D eigenvalue weighted by Crippen LogP contribution is 2.33. The second-order valence-electron chi connectivity index (χ2n) is 9.02. The average molecular weight is 497 g/mol. The molecule has 4 rings (SSSR count). The van der Waals surface area contributed by atoms with Gasteiger partial charge in [0.2, 0.25) is 11.8 Å². The maximum atomic E-state index is 12.9. The maximum absolute atomic E-state index is 12.9. The zero-order valence-corrected chi connectivity index (χ0v) is 21.7. The molecule has 0 fully saturated rings. The maximum Gasteiger partial charge on any atom is 0.255 e. The van der Waals surface area contributed by atoms with E-state index in [-0.39, 0.29) is 5.91 Å².